The summed E-state index contributed by atoms with van der Waals surface area (Å²) >= 11 is 0. The number of carboxylic acid groups (broad SMARTS) is 1. The second kappa shape index (κ2) is 53.6. The summed E-state index contributed by atoms with van der Waals surface area (Å²) in [5, 5.41) is 34.0. The first-order valence-electron chi connectivity index (χ1n) is 48.4. The number of nitrogens with zero attached hydrogens (tertiary/aromatic N) is 7. The van der Waals surface area contributed by atoms with E-state index < -0.39 is 5.97 Å². The zero-order chi connectivity index (χ0) is 91.8. The van der Waals surface area contributed by atoms with Crippen LogP contribution in [-0.2, 0) is 31.4 Å². The Labute approximate surface area is 758 Å². The largest absolute Gasteiger partial charge is 0.480 e. The van der Waals surface area contributed by atoms with Gasteiger partial charge >= 0.3 is 5.97 Å². The predicted octanol–water partition coefficient (Wildman–Crippen LogP) is 34.0. The van der Waals surface area contributed by atoms with E-state index in [9.17, 15) is 4.79 Å². The van der Waals surface area contributed by atoms with E-state index in [1.54, 1.807) is 15.8 Å². The SMILES string of the molecule is C.CC(C)CCCCCC(C)C.CC(C)CCCCCNC(C)C.CC(C)c1ccc2c(c1)C(C(C)C)CCC2.CC(C)c1ccc2c(c1)c(C(C)C)nn2C.CC(C)c1ccc2c(c1)c(C(C)C)nn2CC(=O)O.CC(C)c1ccc2cccc(C(C)C)c2c1.CC(C)c1ccc2nccc(C(C)C)c2c1.CCn1nc(C(C)C)c2cc(C(C)C)ccc21. The van der Waals surface area contributed by atoms with Crippen LogP contribution in [0.3, 0.4) is 0 Å². The van der Waals surface area contributed by atoms with Crippen molar-refractivity contribution in [1.82, 2.24) is 39.6 Å². The summed E-state index contributed by atoms with van der Waals surface area (Å²) in [4.78, 5) is 15.3. The summed E-state index contributed by atoms with van der Waals surface area (Å²) in [5.74, 6) is 9.18. The topological polar surface area (TPSA) is 116 Å². The molecule has 124 heavy (non-hydrogen) atoms. The molecule has 0 bridgehead atoms. The van der Waals surface area contributed by atoms with E-state index in [4.69, 9.17) is 10.2 Å². The van der Waals surface area contributed by atoms with E-state index in [1.807, 2.05) is 24.0 Å². The average Bonchev–Trinajstić information content (AvgIpc) is 1.59. The molecule has 1 aliphatic rings. The monoisotopic (exact) mass is 1690 g/mol. The van der Waals surface area contributed by atoms with Crippen LogP contribution in [0.5, 0.6) is 0 Å². The molecule has 11 aromatic rings. The third kappa shape index (κ3) is 34.0. The number of pyridine rings is 1. The van der Waals surface area contributed by atoms with Gasteiger partial charge in [0.25, 0.3) is 0 Å². The third-order valence-corrected chi connectivity index (χ3v) is 24.1. The molecule has 12 rings (SSSR count). The first-order valence-corrected chi connectivity index (χ1v) is 48.4. The summed E-state index contributed by atoms with van der Waals surface area (Å²) in [6.45, 7) is 75.9. The van der Waals surface area contributed by atoms with Crippen molar-refractivity contribution in [3.8, 4) is 0 Å². The van der Waals surface area contributed by atoms with Crippen molar-refractivity contribution in [3.63, 3.8) is 0 Å². The number of fused-ring (bicyclic) bond motifs is 6. The Kier molecular flexibility index (Phi) is 46.9. The molecule has 2 N–H and O–H groups in total. The van der Waals surface area contributed by atoms with Gasteiger partial charge in [-0.1, -0.05) is 359 Å². The van der Waals surface area contributed by atoms with E-state index in [1.165, 1.54) is 177 Å². The first-order chi connectivity index (χ1) is 58.0. The Morgan fingerprint density at radius 1 is 0.411 bits per heavy atom. The van der Waals surface area contributed by atoms with Crippen LogP contribution in [0.15, 0.2) is 140 Å². The van der Waals surface area contributed by atoms with Gasteiger partial charge in [-0.3, -0.25) is 23.8 Å². The highest BCUT2D eigenvalue weighted by Crippen LogP contribution is 2.39. The van der Waals surface area contributed by atoms with Crippen LogP contribution in [0, 0.1) is 23.7 Å². The van der Waals surface area contributed by atoms with Crippen molar-refractivity contribution >= 4 is 60.4 Å². The number of carbonyl (C=O) groups is 1. The van der Waals surface area contributed by atoms with Gasteiger partial charge in [-0.25, -0.2) is 0 Å². The summed E-state index contributed by atoms with van der Waals surface area (Å²) < 4.78 is 5.67. The maximum absolute atomic E-state index is 10.9. The molecule has 7 aromatic carbocycles. The molecule has 4 aromatic heterocycles. The highest BCUT2D eigenvalue weighted by Gasteiger charge is 2.24. The van der Waals surface area contributed by atoms with Gasteiger partial charge in [0.05, 0.1) is 39.1 Å². The fourth-order valence-electron chi connectivity index (χ4n) is 16.3. The second-order valence-electron chi connectivity index (χ2n) is 40.7. The normalized spacial score (nSPS) is 12.7. The number of aliphatic carboxylic acids is 1. The molecule has 0 aliphatic heterocycles. The molecule has 0 saturated heterocycles. The molecular formula is C114H178N8O2. The van der Waals surface area contributed by atoms with Crippen molar-refractivity contribution in [3.05, 3.63) is 212 Å². The molecule has 0 fully saturated rings. The Morgan fingerprint density at radius 2 is 0.806 bits per heavy atom. The molecule has 1 aliphatic carbocycles. The van der Waals surface area contributed by atoms with Crippen LogP contribution in [0.2, 0.25) is 0 Å². The number of aryl methyl sites for hydroxylation is 3. The number of benzene rings is 7. The highest BCUT2D eigenvalue weighted by molar-refractivity contribution is 5.88. The molecule has 0 saturated carbocycles. The summed E-state index contributed by atoms with van der Waals surface area (Å²) in [6, 6.07) is 49.6. The van der Waals surface area contributed by atoms with Gasteiger partial charge in [0.2, 0.25) is 0 Å². The van der Waals surface area contributed by atoms with Gasteiger partial charge < -0.3 is 10.4 Å². The van der Waals surface area contributed by atoms with E-state index in [2.05, 4.69) is 381 Å². The Bertz CT molecular complexity index is 4790. The number of hydrogen-bond acceptors (Lipinski definition) is 6. The van der Waals surface area contributed by atoms with Gasteiger partial charge in [-0.15, -0.1) is 0 Å². The molecule has 1 atom stereocenters. The lowest BCUT2D eigenvalue weighted by Gasteiger charge is -2.29. The van der Waals surface area contributed by atoms with Gasteiger partial charge in [-0.2, -0.15) is 15.3 Å². The number of aromatic nitrogens is 7. The fourth-order valence-corrected chi connectivity index (χ4v) is 16.3. The Morgan fingerprint density at radius 3 is 1.24 bits per heavy atom. The minimum atomic E-state index is -0.868. The van der Waals surface area contributed by atoms with E-state index >= 15 is 0 Å². The molecule has 0 radical (unpaired) electrons. The number of unbranched alkanes of at least 4 members (excludes halogenated alkanes) is 4. The van der Waals surface area contributed by atoms with E-state index in [-0.39, 0.29) is 19.9 Å². The lowest BCUT2D eigenvalue weighted by Crippen LogP contribution is -2.23. The molecule has 1 unspecified atom stereocenters. The zero-order valence-electron chi connectivity index (χ0n) is 84.2. The minimum Gasteiger partial charge on any atom is -0.480 e. The van der Waals surface area contributed by atoms with Gasteiger partial charge in [0.1, 0.15) is 6.54 Å². The summed E-state index contributed by atoms with van der Waals surface area (Å²) in [5.41, 5.74) is 22.4. The summed E-state index contributed by atoms with van der Waals surface area (Å²) in [6.07, 6.45) is 18.6. The van der Waals surface area contributed by atoms with Crippen molar-refractivity contribution in [2.24, 2.45) is 30.7 Å². The number of hydrogen-bond donors (Lipinski definition) is 2. The number of nitrogens with one attached hydrogen (secondary N) is 1. The van der Waals surface area contributed by atoms with Gasteiger partial charge in [0.15, 0.2) is 0 Å². The highest BCUT2D eigenvalue weighted by atomic mass is 16.4. The van der Waals surface area contributed by atoms with Crippen LogP contribution in [-0.4, -0.2) is 58.0 Å². The van der Waals surface area contributed by atoms with Crippen molar-refractivity contribution in [2.75, 3.05) is 6.54 Å². The van der Waals surface area contributed by atoms with E-state index in [0.717, 1.165) is 58.2 Å². The predicted molar refractivity (Wildman–Crippen MR) is 547 cm³/mol. The molecule has 10 nitrogen and oxygen atoms in total. The smallest absolute Gasteiger partial charge is 0.325 e. The van der Waals surface area contributed by atoms with Gasteiger partial charge in [-0.05, 0) is 255 Å². The summed E-state index contributed by atoms with van der Waals surface area (Å²) in [7, 11) is 2.02. The van der Waals surface area contributed by atoms with E-state index in [0.29, 0.717) is 65.2 Å². The maximum atomic E-state index is 10.9. The zero-order valence-corrected chi connectivity index (χ0v) is 84.2. The minimum absolute atomic E-state index is 0. The van der Waals surface area contributed by atoms with Crippen molar-refractivity contribution < 1.29 is 9.90 Å². The molecule has 0 amide bonds. The van der Waals surface area contributed by atoms with Crippen LogP contribution in [0.4, 0.5) is 0 Å². The van der Waals surface area contributed by atoms with Crippen LogP contribution in [0.25, 0.3) is 54.4 Å². The molecular weight excluding hydrogens is 1510 g/mol. The molecule has 0 spiro atoms. The maximum Gasteiger partial charge on any atom is 0.325 e. The Hall–Kier alpha value is -7.95. The van der Waals surface area contributed by atoms with Crippen LogP contribution in [0.1, 0.15) is 450 Å². The average molecular weight is 1690 g/mol. The van der Waals surface area contributed by atoms with Crippen LogP contribution < -0.4 is 5.32 Å². The Balaban J connectivity index is 0.000000298. The van der Waals surface area contributed by atoms with Crippen molar-refractivity contribution in [1.29, 1.82) is 0 Å². The first kappa shape index (κ1) is 108. The lowest BCUT2D eigenvalue weighted by atomic mass is 9.76. The van der Waals surface area contributed by atoms with Crippen LogP contribution >= 0.6 is 0 Å². The quantitative estimate of drug-likeness (QED) is 0.0469. The third-order valence-electron chi connectivity index (χ3n) is 24.1. The molecule has 4 heterocycles. The number of rotatable bonds is 28. The fraction of sp³-hybridized carbons (Fsp3) is 0.588. The number of carboxylic acids is 1. The molecule has 686 valence electrons. The second-order valence-corrected chi connectivity index (χ2v) is 40.7. The van der Waals surface area contributed by atoms with Crippen molar-refractivity contribution in [2.45, 2.75) is 403 Å². The standard InChI is InChI=1S/C16H24.C16H20.C15H20N2O2.C15H22N2.C15H19N.C14H20N2.C11H25N.C11H24.CH4/c2*1-11(2)14-9-8-13-6-5-7-15(12(3)4)16(13)10-14;1-9(2)11-5-6-13-12(7-11)15(10(3)4)16-17(13)8-14(18)19;1-6-17-14-8-7-12(10(2)3)9-13(14)15(16-17)11(4)5;1-10(2)12-5-6-15-14(9-12)13(11(3)4)7-8-16-15;1-9(2)11-6-7-13-12(8-11)14(10(3)4)15-16(13)5;1-10(2)8-6-5-7-9-12-11(3)4;1-10(2)8-6-5-7-9-11(3)4;/h8-12,15H,5-7H2,1-4H3;5-12H,1-4H3;5-7,9-10H,8H2,1-4H3,(H,18,19);7-11H,6H2,1-5H3;5-11H,1-4H3;6-10H,1-5H3;10-12H,5-9H2,1-4H3;10-11H,5-9H2,1-4H3;1H4. The lowest BCUT2D eigenvalue weighted by molar-refractivity contribution is -0.137. The molecule has 10 heteroatoms. The van der Waals surface area contributed by atoms with Gasteiger partial charge in [0, 0.05) is 47.4 Å².